The van der Waals surface area contributed by atoms with Crippen LogP contribution < -0.4 is 5.32 Å². The van der Waals surface area contributed by atoms with E-state index in [1.54, 1.807) is 0 Å². The summed E-state index contributed by atoms with van der Waals surface area (Å²) in [6.45, 7) is 13.3. The monoisotopic (exact) mass is 153 g/mol. The predicted octanol–water partition coefficient (Wildman–Crippen LogP) is 2.71. The molecule has 0 aromatic carbocycles. The molecule has 0 fully saturated rings. The van der Waals surface area contributed by atoms with Crippen molar-refractivity contribution in [3.8, 4) is 0 Å². The summed E-state index contributed by atoms with van der Waals surface area (Å²) >= 11 is 0. The normalized spacial score (nSPS) is 11.9. The van der Waals surface area contributed by atoms with E-state index < -0.39 is 0 Å². The van der Waals surface area contributed by atoms with E-state index in [-0.39, 0.29) is 0 Å². The third-order valence-corrected chi connectivity index (χ3v) is 1.78. The number of allylic oxidation sites excluding steroid dienone is 2. The molecule has 1 heteroatoms. The van der Waals surface area contributed by atoms with Gasteiger partial charge in [-0.3, -0.25) is 0 Å². The third kappa shape index (κ3) is 4.65. The first-order valence-corrected chi connectivity index (χ1v) is 4.12. The van der Waals surface area contributed by atoms with Crippen LogP contribution in [0.25, 0.3) is 0 Å². The maximum Gasteiger partial charge on any atom is 0.0354 e. The van der Waals surface area contributed by atoms with Gasteiger partial charge in [0, 0.05) is 12.2 Å². The molecule has 0 aromatic rings. The molecule has 0 atom stereocenters. The highest BCUT2D eigenvalue weighted by molar-refractivity contribution is 5.03. The highest BCUT2D eigenvalue weighted by Crippen LogP contribution is 2.02. The average Bonchev–Trinajstić information content (AvgIpc) is 1.99. The van der Waals surface area contributed by atoms with E-state index in [0.717, 1.165) is 12.2 Å². The molecule has 0 aromatic heterocycles. The molecule has 0 saturated heterocycles. The lowest BCUT2D eigenvalue weighted by Gasteiger charge is -2.12. The van der Waals surface area contributed by atoms with Gasteiger partial charge >= 0.3 is 0 Å². The van der Waals surface area contributed by atoms with Gasteiger partial charge in [-0.15, -0.1) is 0 Å². The molecule has 1 nitrogen and oxygen atoms in total. The molecule has 0 aliphatic carbocycles. The van der Waals surface area contributed by atoms with Crippen LogP contribution in [-0.4, -0.2) is 6.54 Å². The lowest BCUT2D eigenvalue weighted by molar-refractivity contribution is 0.677. The first-order valence-electron chi connectivity index (χ1n) is 4.12. The van der Waals surface area contributed by atoms with Crippen LogP contribution in [0.5, 0.6) is 0 Å². The minimum atomic E-state index is 0.527. The second-order valence-corrected chi connectivity index (χ2v) is 3.17. The fourth-order valence-electron chi connectivity index (χ4n) is 0.559. The van der Waals surface area contributed by atoms with Crippen molar-refractivity contribution in [3.63, 3.8) is 0 Å². The van der Waals surface area contributed by atoms with Crippen molar-refractivity contribution in [2.24, 2.45) is 5.92 Å². The molecule has 0 amide bonds. The van der Waals surface area contributed by atoms with E-state index in [9.17, 15) is 0 Å². The van der Waals surface area contributed by atoms with Crippen LogP contribution in [0.2, 0.25) is 0 Å². The molecule has 0 unspecified atom stereocenters. The van der Waals surface area contributed by atoms with Gasteiger partial charge in [0.25, 0.3) is 0 Å². The molecule has 0 radical (unpaired) electrons. The van der Waals surface area contributed by atoms with Crippen LogP contribution in [0.3, 0.4) is 0 Å². The zero-order valence-corrected chi connectivity index (χ0v) is 8.07. The van der Waals surface area contributed by atoms with Crippen molar-refractivity contribution in [1.82, 2.24) is 5.32 Å². The highest BCUT2D eigenvalue weighted by Gasteiger charge is 1.97. The van der Waals surface area contributed by atoms with Crippen molar-refractivity contribution in [1.29, 1.82) is 0 Å². The standard InChI is InChI=1S/C10H19N/c1-6-9(4)7-11-10(5)8(2)3/h6,8,11H,5,7H2,1-4H3/b9-6+. The molecule has 0 saturated carbocycles. The van der Waals surface area contributed by atoms with Gasteiger partial charge in [-0.1, -0.05) is 32.1 Å². The molecule has 0 bridgehead atoms. The first kappa shape index (κ1) is 10.3. The quantitative estimate of drug-likeness (QED) is 0.612. The van der Waals surface area contributed by atoms with Gasteiger partial charge in [-0.05, 0) is 19.8 Å². The summed E-state index contributed by atoms with van der Waals surface area (Å²) in [7, 11) is 0. The Kier molecular flexibility index (Phi) is 4.67. The number of rotatable bonds is 4. The van der Waals surface area contributed by atoms with Crippen LogP contribution in [-0.2, 0) is 0 Å². The van der Waals surface area contributed by atoms with Crippen LogP contribution in [0.15, 0.2) is 23.9 Å². The highest BCUT2D eigenvalue weighted by atomic mass is 14.9. The zero-order chi connectivity index (χ0) is 8.85. The van der Waals surface area contributed by atoms with Crippen LogP contribution in [0, 0.1) is 5.92 Å². The third-order valence-electron chi connectivity index (χ3n) is 1.78. The van der Waals surface area contributed by atoms with Crippen LogP contribution in [0.1, 0.15) is 27.7 Å². The van der Waals surface area contributed by atoms with Gasteiger partial charge in [0.2, 0.25) is 0 Å². The van der Waals surface area contributed by atoms with Gasteiger partial charge in [0.15, 0.2) is 0 Å². The summed E-state index contributed by atoms with van der Waals surface area (Å²) in [5.41, 5.74) is 2.47. The number of hydrogen-bond donors (Lipinski definition) is 1. The summed E-state index contributed by atoms with van der Waals surface area (Å²) < 4.78 is 0. The Morgan fingerprint density at radius 2 is 2.09 bits per heavy atom. The van der Waals surface area contributed by atoms with Crippen molar-refractivity contribution >= 4 is 0 Å². The molecule has 1 N–H and O–H groups in total. The summed E-state index contributed by atoms with van der Waals surface area (Å²) in [6.07, 6.45) is 2.11. The van der Waals surface area contributed by atoms with E-state index in [4.69, 9.17) is 0 Å². The molecule has 0 spiro atoms. The Labute approximate surface area is 70.2 Å². The van der Waals surface area contributed by atoms with Crippen molar-refractivity contribution in [2.45, 2.75) is 27.7 Å². The van der Waals surface area contributed by atoms with Gasteiger partial charge in [-0.25, -0.2) is 0 Å². The van der Waals surface area contributed by atoms with Crippen molar-refractivity contribution < 1.29 is 0 Å². The smallest absolute Gasteiger partial charge is 0.0354 e. The minimum absolute atomic E-state index is 0.527. The summed E-state index contributed by atoms with van der Waals surface area (Å²) in [4.78, 5) is 0. The number of hydrogen-bond acceptors (Lipinski definition) is 1. The molecule has 0 aliphatic heterocycles. The molecule has 11 heavy (non-hydrogen) atoms. The molecular weight excluding hydrogens is 134 g/mol. The summed E-state index contributed by atoms with van der Waals surface area (Å²) in [5.74, 6) is 0.527. The van der Waals surface area contributed by atoms with E-state index in [1.807, 2.05) is 0 Å². The second-order valence-electron chi connectivity index (χ2n) is 3.17. The van der Waals surface area contributed by atoms with Gasteiger partial charge in [-0.2, -0.15) is 0 Å². The van der Waals surface area contributed by atoms with Crippen LogP contribution >= 0.6 is 0 Å². The molecular formula is C10H19N. The Morgan fingerprint density at radius 3 is 2.45 bits per heavy atom. The van der Waals surface area contributed by atoms with E-state index in [1.165, 1.54) is 5.57 Å². The van der Waals surface area contributed by atoms with E-state index in [2.05, 4.69) is 45.7 Å². The topological polar surface area (TPSA) is 12.0 Å². The maximum atomic E-state index is 3.92. The largest absolute Gasteiger partial charge is 0.385 e. The minimum Gasteiger partial charge on any atom is -0.385 e. The first-order chi connectivity index (χ1) is 5.07. The van der Waals surface area contributed by atoms with Gasteiger partial charge < -0.3 is 5.32 Å². The molecule has 0 heterocycles. The lowest BCUT2D eigenvalue weighted by atomic mass is 10.1. The number of nitrogens with one attached hydrogen (secondary N) is 1. The zero-order valence-electron chi connectivity index (χ0n) is 8.07. The fraction of sp³-hybridized carbons (Fsp3) is 0.600. The van der Waals surface area contributed by atoms with Gasteiger partial charge in [0.1, 0.15) is 0 Å². The van der Waals surface area contributed by atoms with E-state index >= 15 is 0 Å². The van der Waals surface area contributed by atoms with Crippen molar-refractivity contribution in [3.05, 3.63) is 23.9 Å². The Hall–Kier alpha value is -0.720. The average molecular weight is 153 g/mol. The van der Waals surface area contributed by atoms with Crippen LogP contribution in [0.4, 0.5) is 0 Å². The SMILES string of the molecule is C=C(NC/C(C)=C/C)C(C)C. The molecule has 0 rings (SSSR count). The Bertz CT molecular complexity index is 154. The Balaban J connectivity index is 3.63. The van der Waals surface area contributed by atoms with Gasteiger partial charge in [0.05, 0.1) is 0 Å². The fourth-order valence-corrected chi connectivity index (χ4v) is 0.559. The lowest BCUT2D eigenvalue weighted by Crippen LogP contribution is -2.18. The molecule has 0 aliphatic rings. The Morgan fingerprint density at radius 1 is 1.55 bits per heavy atom. The summed E-state index contributed by atoms with van der Waals surface area (Å²) in [6, 6.07) is 0. The predicted molar refractivity (Wildman–Crippen MR) is 51.4 cm³/mol. The van der Waals surface area contributed by atoms with Crippen molar-refractivity contribution in [2.75, 3.05) is 6.54 Å². The summed E-state index contributed by atoms with van der Waals surface area (Å²) in [5, 5.41) is 3.27. The second kappa shape index (κ2) is 5.00. The maximum absolute atomic E-state index is 3.92. The molecule has 64 valence electrons. The van der Waals surface area contributed by atoms with E-state index in [0.29, 0.717) is 5.92 Å².